The minimum Gasteiger partial charge on any atom is -0.302 e. The van der Waals surface area contributed by atoms with E-state index in [1.54, 1.807) is 0 Å². The topological polar surface area (TPSA) is 3.24 Å². The molecule has 1 aliphatic heterocycles. The van der Waals surface area contributed by atoms with Crippen molar-refractivity contribution in [3.05, 3.63) is 0 Å². The Morgan fingerprint density at radius 2 is 2.00 bits per heavy atom. The van der Waals surface area contributed by atoms with E-state index in [-0.39, 0.29) is 0 Å². The molecule has 1 fully saturated rings. The van der Waals surface area contributed by atoms with Crippen LogP contribution in [0.1, 0.15) is 27.2 Å². The maximum atomic E-state index is 2.57. The fraction of sp³-hybridized carbons (Fsp3) is 1.00. The lowest BCUT2D eigenvalue weighted by atomic mass is 9.38. The monoisotopic (exact) mass is 167 g/mol. The van der Waals surface area contributed by atoms with Gasteiger partial charge in [0.25, 0.3) is 0 Å². The molecule has 0 radical (unpaired) electrons. The molecule has 12 heavy (non-hydrogen) atoms. The minimum atomic E-state index is 0.759. The summed E-state index contributed by atoms with van der Waals surface area (Å²) in [6.45, 7) is 12.9. The molecule has 0 aromatic carbocycles. The second-order valence-corrected chi connectivity index (χ2v) is 4.57. The highest BCUT2D eigenvalue weighted by atomic mass is 15.2. The van der Waals surface area contributed by atoms with Gasteiger partial charge < -0.3 is 4.90 Å². The van der Waals surface area contributed by atoms with Gasteiger partial charge in [-0.2, -0.15) is 0 Å². The number of rotatable bonds is 4. The zero-order valence-electron chi connectivity index (χ0n) is 9.01. The lowest BCUT2D eigenvalue weighted by molar-refractivity contribution is 0.136. The van der Waals surface area contributed by atoms with Crippen molar-refractivity contribution in [2.75, 3.05) is 13.1 Å². The lowest BCUT2D eigenvalue weighted by Crippen LogP contribution is -2.51. The summed E-state index contributed by atoms with van der Waals surface area (Å²) in [6.07, 6.45) is 2.76. The normalized spacial score (nSPS) is 19.8. The molecule has 0 amide bonds. The van der Waals surface area contributed by atoms with Gasteiger partial charge in [0.15, 0.2) is 0 Å². The first-order valence-corrected chi connectivity index (χ1v) is 5.39. The minimum absolute atomic E-state index is 0.759. The van der Waals surface area contributed by atoms with Gasteiger partial charge in [-0.25, -0.2) is 0 Å². The van der Waals surface area contributed by atoms with Gasteiger partial charge in [-0.15, -0.1) is 0 Å². The average Bonchev–Trinajstić information content (AvgIpc) is 1.82. The molecule has 1 rings (SSSR count). The van der Waals surface area contributed by atoms with E-state index in [0.29, 0.717) is 0 Å². The summed E-state index contributed by atoms with van der Waals surface area (Å²) in [7, 11) is 0. The lowest BCUT2D eigenvalue weighted by Gasteiger charge is -2.44. The maximum Gasteiger partial charge on any atom is 0.143 e. The van der Waals surface area contributed by atoms with Gasteiger partial charge in [-0.05, 0) is 32.8 Å². The van der Waals surface area contributed by atoms with Gasteiger partial charge in [0.05, 0.1) is 0 Å². The molecule has 0 aromatic heterocycles. The Kier molecular flexibility index (Phi) is 3.63. The molecule has 0 bridgehead atoms. The first-order chi connectivity index (χ1) is 5.65. The molecule has 70 valence electrons. The molecular weight excluding hydrogens is 145 g/mol. The summed E-state index contributed by atoms with van der Waals surface area (Å²) in [6, 6.07) is 0.759. The standard InChI is InChI=1S/C10H22BN/c1-5-6-11(4)10-7-12(8-10)9(2)3/h9-10H,5-8H2,1-4H3. The van der Waals surface area contributed by atoms with E-state index in [9.17, 15) is 0 Å². The third kappa shape index (κ3) is 2.26. The molecule has 0 atom stereocenters. The van der Waals surface area contributed by atoms with Crippen molar-refractivity contribution in [1.82, 2.24) is 4.90 Å². The number of hydrogen-bond donors (Lipinski definition) is 0. The highest BCUT2D eigenvalue weighted by Gasteiger charge is 2.33. The number of likely N-dealkylation sites (tertiary alicyclic amines) is 1. The van der Waals surface area contributed by atoms with E-state index >= 15 is 0 Å². The summed E-state index contributed by atoms with van der Waals surface area (Å²) in [4.78, 5) is 2.57. The van der Waals surface area contributed by atoms with Crippen LogP contribution in [0.15, 0.2) is 0 Å². The van der Waals surface area contributed by atoms with Crippen LogP contribution in [0.25, 0.3) is 0 Å². The second kappa shape index (κ2) is 4.31. The largest absolute Gasteiger partial charge is 0.302 e. The van der Waals surface area contributed by atoms with Gasteiger partial charge in [0, 0.05) is 6.04 Å². The fourth-order valence-electron chi connectivity index (χ4n) is 2.02. The summed E-state index contributed by atoms with van der Waals surface area (Å²) in [5.74, 6) is 0.993. The van der Waals surface area contributed by atoms with Crippen molar-refractivity contribution in [3.8, 4) is 0 Å². The Morgan fingerprint density at radius 1 is 1.42 bits per heavy atom. The van der Waals surface area contributed by atoms with Crippen molar-refractivity contribution in [1.29, 1.82) is 0 Å². The summed E-state index contributed by atoms with van der Waals surface area (Å²) in [5, 5.41) is 0. The average molecular weight is 167 g/mol. The summed E-state index contributed by atoms with van der Waals surface area (Å²) >= 11 is 0. The van der Waals surface area contributed by atoms with Crippen LogP contribution in [0, 0.1) is 0 Å². The fourth-order valence-corrected chi connectivity index (χ4v) is 2.02. The van der Waals surface area contributed by atoms with Crippen LogP contribution in [0.5, 0.6) is 0 Å². The molecule has 0 saturated carbocycles. The zero-order valence-corrected chi connectivity index (χ0v) is 9.01. The third-order valence-electron chi connectivity index (χ3n) is 3.22. The van der Waals surface area contributed by atoms with Crippen molar-refractivity contribution in [2.45, 2.75) is 52.2 Å². The third-order valence-corrected chi connectivity index (χ3v) is 3.22. The maximum absolute atomic E-state index is 2.57. The molecule has 0 N–H and O–H groups in total. The zero-order chi connectivity index (χ0) is 9.14. The summed E-state index contributed by atoms with van der Waals surface area (Å²) in [5.41, 5.74) is 0. The Morgan fingerprint density at radius 3 is 2.42 bits per heavy atom. The highest BCUT2D eigenvalue weighted by Crippen LogP contribution is 2.28. The predicted octanol–water partition coefficient (Wildman–Crippen LogP) is 2.62. The van der Waals surface area contributed by atoms with Crippen LogP contribution in [-0.2, 0) is 0 Å². The van der Waals surface area contributed by atoms with Gasteiger partial charge in [-0.3, -0.25) is 0 Å². The second-order valence-electron chi connectivity index (χ2n) is 4.57. The van der Waals surface area contributed by atoms with Gasteiger partial charge >= 0.3 is 0 Å². The van der Waals surface area contributed by atoms with Crippen molar-refractivity contribution < 1.29 is 0 Å². The molecule has 0 aliphatic carbocycles. The molecule has 0 spiro atoms. The SMILES string of the molecule is CCCB(C)C1CN(C(C)C)C1. The molecule has 1 aliphatic rings. The smallest absolute Gasteiger partial charge is 0.143 e. The first kappa shape index (κ1) is 10.1. The highest BCUT2D eigenvalue weighted by molar-refractivity contribution is 6.59. The molecular formula is C10H22BN. The van der Waals surface area contributed by atoms with Crippen LogP contribution in [-0.4, -0.2) is 30.7 Å². The molecule has 0 aromatic rings. The van der Waals surface area contributed by atoms with Crippen LogP contribution >= 0.6 is 0 Å². The van der Waals surface area contributed by atoms with E-state index in [0.717, 1.165) is 18.6 Å². The summed E-state index contributed by atoms with van der Waals surface area (Å²) < 4.78 is 0. The molecule has 1 heterocycles. The van der Waals surface area contributed by atoms with Crippen LogP contribution in [0.4, 0.5) is 0 Å². The Balaban J connectivity index is 2.16. The molecule has 1 saturated heterocycles. The van der Waals surface area contributed by atoms with Crippen molar-refractivity contribution in [3.63, 3.8) is 0 Å². The molecule has 2 heteroatoms. The quantitative estimate of drug-likeness (QED) is 0.581. The number of nitrogens with zero attached hydrogens (tertiary/aromatic N) is 1. The van der Waals surface area contributed by atoms with E-state index in [2.05, 4.69) is 32.5 Å². The van der Waals surface area contributed by atoms with Crippen LogP contribution < -0.4 is 0 Å². The van der Waals surface area contributed by atoms with E-state index < -0.39 is 0 Å². The van der Waals surface area contributed by atoms with E-state index in [1.165, 1.54) is 25.8 Å². The molecule has 0 unspecified atom stereocenters. The Labute approximate surface area is 77.6 Å². The van der Waals surface area contributed by atoms with Crippen LogP contribution in [0.2, 0.25) is 19.0 Å². The van der Waals surface area contributed by atoms with Crippen LogP contribution in [0.3, 0.4) is 0 Å². The Bertz CT molecular complexity index is 130. The Hall–Kier alpha value is 0.0249. The first-order valence-electron chi connectivity index (χ1n) is 5.39. The predicted molar refractivity (Wildman–Crippen MR) is 57.2 cm³/mol. The van der Waals surface area contributed by atoms with Gasteiger partial charge in [0.1, 0.15) is 6.71 Å². The van der Waals surface area contributed by atoms with Gasteiger partial charge in [-0.1, -0.05) is 26.5 Å². The molecule has 1 nitrogen and oxygen atoms in total. The van der Waals surface area contributed by atoms with Gasteiger partial charge in [0.2, 0.25) is 0 Å². The number of hydrogen-bond acceptors (Lipinski definition) is 1. The van der Waals surface area contributed by atoms with E-state index in [1.807, 2.05) is 0 Å². The van der Waals surface area contributed by atoms with E-state index in [4.69, 9.17) is 0 Å². The van der Waals surface area contributed by atoms with Crippen molar-refractivity contribution >= 4 is 6.71 Å². The van der Waals surface area contributed by atoms with Crippen molar-refractivity contribution in [2.24, 2.45) is 0 Å².